The van der Waals surface area contributed by atoms with E-state index in [1.807, 2.05) is 0 Å². The van der Waals surface area contributed by atoms with Crippen molar-refractivity contribution in [1.29, 1.82) is 0 Å². The number of halogens is 2. The van der Waals surface area contributed by atoms with E-state index >= 15 is 0 Å². The van der Waals surface area contributed by atoms with Crippen molar-refractivity contribution in [3.8, 4) is 0 Å². The van der Waals surface area contributed by atoms with E-state index in [9.17, 15) is 13.6 Å². The van der Waals surface area contributed by atoms with Gasteiger partial charge in [0.15, 0.2) is 5.78 Å². The number of ketones is 1. The number of carbonyl (C=O) groups is 1. The van der Waals surface area contributed by atoms with Gasteiger partial charge in [-0.15, -0.1) is 0 Å². The molecule has 0 amide bonds. The third-order valence-corrected chi connectivity index (χ3v) is 1.18. The van der Waals surface area contributed by atoms with Crippen LogP contribution in [0.5, 0.6) is 0 Å². The van der Waals surface area contributed by atoms with Gasteiger partial charge in [-0.1, -0.05) is 0 Å². The summed E-state index contributed by atoms with van der Waals surface area (Å²) in [6.45, 7) is 1.15. The van der Waals surface area contributed by atoms with Crippen LogP contribution >= 0.6 is 0 Å². The lowest BCUT2D eigenvalue weighted by Gasteiger charge is -1.95. The fourth-order valence-electron chi connectivity index (χ4n) is 0.669. The zero-order chi connectivity index (χ0) is 8.43. The Balaban J connectivity index is 3.23. The number of nitrogens with zero attached hydrogens (tertiary/aromatic N) is 1. The molecule has 11 heavy (non-hydrogen) atoms. The van der Waals surface area contributed by atoms with Crippen LogP contribution in [0.1, 0.15) is 17.3 Å². The van der Waals surface area contributed by atoms with E-state index in [1.165, 1.54) is 0 Å². The van der Waals surface area contributed by atoms with Gasteiger partial charge < -0.3 is 0 Å². The molecule has 0 aliphatic heterocycles. The van der Waals surface area contributed by atoms with Crippen molar-refractivity contribution in [3.63, 3.8) is 0 Å². The number of hydrogen-bond acceptors (Lipinski definition) is 2. The van der Waals surface area contributed by atoms with Gasteiger partial charge in [0.1, 0.15) is 5.82 Å². The summed E-state index contributed by atoms with van der Waals surface area (Å²) < 4.78 is 24.8. The molecule has 0 radical (unpaired) electrons. The van der Waals surface area contributed by atoms with Crippen LogP contribution in [0.3, 0.4) is 0 Å². The molecule has 58 valence electrons. The monoisotopic (exact) mass is 157 g/mol. The summed E-state index contributed by atoms with van der Waals surface area (Å²) in [6.07, 6.45) is 0.724. The minimum Gasteiger partial charge on any atom is -0.294 e. The third kappa shape index (κ3) is 1.58. The Bertz CT molecular complexity index is 298. The van der Waals surface area contributed by atoms with Crippen LogP contribution in [-0.2, 0) is 0 Å². The molecular weight excluding hydrogens is 152 g/mol. The predicted molar refractivity (Wildman–Crippen MR) is 34.2 cm³/mol. The van der Waals surface area contributed by atoms with Gasteiger partial charge in [0.25, 0.3) is 0 Å². The molecule has 0 saturated carbocycles. The average molecular weight is 157 g/mol. The van der Waals surface area contributed by atoms with E-state index in [0.717, 1.165) is 19.2 Å². The number of carbonyl (C=O) groups excluding carboxylic acids is 1. The van der Waals surface area contributed by atoms with Gasteiger partial charge in [0.05, 0.1) is 11.8 Å². The molecule has 0 saturated heterocycles. The molecule has 0 bridgehead atoms. The van der Waals surface area contributed by atoms with E-state index in [1.54, 1.807) is 0 Å². The predicted octanol–water partition coefficient (Wildman–Crippen LogP) is 1.56. The van der Waals surface area contributed by atoms with Crippen LogP contribution in [0.15, 0.2) is 12.3 Å². The molecule has 0 fully saturated rings. The lowest BCUT2D eigenvalue weighted by Crippen LogP contribution is -2.00. The van der Waals surface area contributed by atoms with Crippen molar-refractivity contribution in [2.75, 3.05) is 0 Å². The molecule has 1 aromatic rings. The third-order valence-electron chi connectivity index (χ3n) is 1.18. The Morgan fingerprint density at radius 3 is 2.64 bits per heavy atom. The standard InChI is InChI=1S/C7H5F2NO/c1-4(11)6-2-5(8)3-10-7(6)9/h2-3H,1H3. The first kappa shape index (κ1) is 7.78. The second-order valence-corrected chi connectivity index (χ2v) is 2.05. The van der Waals surface area contributed by atoms with Crippen molar-refractivity contribution in [2.24, 2.45) is 0 Å². The number of pyridine rings is 1. The van der Waals surface area contributed by atoms with Crippen LogP contribution in [0, 0.1) is 11.8 Å². The molecule has 0 N–H and O–H groups in total. The molecule has 0 aliphatic rings. The Labute approximate surface area is 61.9 Å². The summed E-state index contributed by atoms with van der Waals surface area (Å²) in [5, 5.41) is 0. The highest BCUT2D eigenvalue weighted by Crippen LogP contribution is 2.06. The van der Waals surface area contributed by atoms with Crippen molar-refractivity contribution in [1.82, 2.24) is 4.98 Å². The summed E-state index contributed by atoms with van der Waals surface area (Å²) in [6, 6.07) is 0.824. The van der Waals surface area contributed by atoms with Gasteiger partial charge in [-0.3, -0.25) is 4.79 Å². The fourth-order valence-corrected chi connectivity index (χ4v) is 0.669. The van der Waals surface area contributed by atoms with E-state index in [-0.39, 0.29) is 5.56 Å². The maximum atomic E-state index is 12.5. The maximum Gasteiger partial charge on any atom is 0.223 e. The topological polar surface area (TPSA) is 30.0 Å². The molecule has 0 atom stereocenters. The van der Waals surface area contributed by atoms with Crippen LogP contribution in [-0.4, -0.2) is 10.8 Å². The van der Waals surface area contributed by atoms with Crippen LogP contribution in [0.4, 0.5) is 8.78 Å². The van der Waals surface area contributed by atoms with Gasteiger partial charge in [0, 0.05) is 0 Å². The summed E-state index contributed by atoms with van der Waals surface area (Å²) in [5.41, 5.74) is -0.315. The zero-order valence-corrected chi connectivity index (χ0v) is 5.77. The highest BCUT2D eigenvalue weighted by atomic mass is 19.1. The number of rotatable bonds is 1. The second kappa shape index (κ2) is 2.74. The molecular formula is C7H5F2NO. The van der Waals surface area contributed by atoms with Crippen molar-refractivity contribution in [3.05, 3.63) is 29.6 Å². The Morgan fingerprint density at radius 2 is 2.18 bits per heavy atom. The summed E-state index contributed by atoms with van der Waals surface area (Å²) in [7, 11) is 0. The first-order valence-corrected chi connectivity index (χ1v) is 2.93. The Kier molecular flexibility index (Phi) is 1.94. The van der Waals surface area contributed by atoms with Gasteiger partial charge in [-0.2, -0.15) is 4.39 Å². The minimum atomic E-state index is -0.932. The number of Topliss-reactive ketones (excluding diaryl/α,β-unsaturated/α-hetero) is 1. The number of hydrogen-bond donors (Lipinski definition) is 0. The first-order chi connectivity index (χ1) is 5.11. The Hall–Kier alpha value is -1.32. The summed E-state index contributed by atoms with van der Waals surface area (Å²) in [4.78, 5) is 13.6. The Morgan fingerprint density at radius 1 is 1.55 bits per heavy atom. The summed E-state index contributed by atoms with van der Waals surface area (Å²) in [5.74, 6) is -2.18. The van der Waals surface area contributed by atoms with E-state index in [2.05, 4.69) is 4.98 Å². The maximum absolute atomic E-state index is 12.5. The summed E-state index contributed by atoms with van der Waals surface area (Å²) >= 11 is 0. The average Bonchev–Trinajstić information content (AvgIpc) is 1.94. The molecule has 1 aromatic heterocycles. The lowest BCUT2D eigenvalue weighted by atomic mass is 10.2. The van der Waals surface area contributed by atoms with Gasteiger partial charge >= 0.3 is 0 Å². The first-order valence-electron chi connectivity index (χ1n) is 2.93. The highest BCUT2D eigenvalue weighted by Gasteiger charge is 2.08. The molecule has 2 nitrogen and oxygen atoms in total. The second-order valence-electron chi connectivity index (χ2n) is 2.05. The SMILES string of the molecule is CC(=O)c1cc(F)cnc1F. The van der Waals surface area contributed by atoms with Gasteiger partial charge in [-0.25, -0.2) is 9.37 Å². The molecule has 0 unspecified atom stereocenters. The molecule has 0 aliphatic carbocycles. The van der Waals surface area contributed by atoms with E-state index < -0.39 is 17.5 Å². The van der Waals surface area contributed by atoms with E-state index in [4.69, 9.17) is 0 Å². The van der Waals surface area contributed by atoms with Crippen molar-refractivity contribution < 1.29 is 13.6 Å². The molecule has 0 spiro atoms. The lowest BCUT2D eigenvalue weighted by molar-refractivity contribution is 0.101. The normalized spacial score (nSPS) is 9.73. The largest absolute Gasteiger partial charge is 0.294 e. The van der Waals surface area contributed by atoms with Crippen molar-refractivity contribution in [2.45, 2.75) is 6.92 Å². The highest BCUT2D eigenvalue weighted by molar-refractivity contribution is 5.93. The quantitative estimate of drug-likeness (QED) is 0.457. The van der Waals surface area contributed by atoms with Crippen LogP contribution in [0.25, 0.3) is 0 Å². The van der Waals surface area contributed by atoms with Gasteiger partial charge in [-0.05, 0) is 13.0 Å². The number of aromatic nitrogens is 1. The fraction of sp³-hybridized carbons (Fsp3) is 0.143. The van der Waals surface area contributed by atoms with E-state index in [0.29, 0.717) is 0 Å². The minimum absolute atomic E-state index is 0.315. The van der Waals surface area contributed by atoms with Crippen LogP contribution < -0.4 is 0 Å². The van der Waals surface area contributed by atoms with Crippen molar-refractivity contribution >= 4 is 5.78 Å². The molecule has 0 aromatic carbocycles. The van der Waals surface area contributed by atoms with Crippen LogP contribution in [0.2, 0.25) is 0 Å². The molecule has 4 heteroatoms. The molecule has 1 heterocycles. The zero-order valence-electron chi connectivity index (χ0n) is 5.77. The van der Waals surface area contributed by atoms with Gasteiger partial charge in [0.2, 0.25) is 5.95 Å². The smallest absolute Gasteiger partial charge is 0.223 e. The molecule has 1 rings (SSSR count).